The fraction of sp³-hybridized carbons (Fsp3) is 0. The number of aromatic nitrogens is 7. The number of hydrogen-bond donors (Lipinski definition) is 0. The molecule has 5 heterocycles. The normalized spacial score (nSPS) is 11.9. The van der Waals surface area contributed by atoms with Crippen LogP contribution in [0.1, 0.15) is 0 Å². The second kappa shape index (κ2) is 22.2. The van der Waals surface area contributed by atoms with Gasteiger partial charge >= 0.3 is 0 Å². The van der Waals surface area contributed by atoms with Crippen LogP contribution in [0.4, 0.5) is 0 Å². The van der Waals surface area contributed by atoms with Crippen LogP contribution in [0.15, 0.2) is 315 Å². The van der Waals surface area contributed by atoms with Gasteiger partial charge in [-0.1, -0.05) is 273 Å². The summed E-state index contributed by atoms with van der Waals surface area (Å²) in [6.07, 6.45) is 0. The van der Waals surface area contributed by atoms with Crippen LogP contribution in [0.2, 0.25) is 0 Å². The van der Waals surface area contributed by atoms with E-state index in [1.807, 2.05) is 97.1 Å². The maximum atomic E-state index is 7.82. The van der Waals surface area contributed by atoms with Gasteiger partial charge in [0.25, 0.3) is 6.71 Å². The summed E-state index contributed by atoms with van der Waals surface area (Å²) >= 11 is 0. The SMILES string of the molecule is c1ccc(-c2cc3c4c(c2)-n2c5ccc(-c6nc(-c7ccccc7)nc(-c7ccccc7)n6)cc5c5cc(-c6nc(-c7ccccc7)nc(-c7ccccc7)n6)cc(c52)B4c2cc(-c4ccccc4-c4ccccc4)cc(-c4ccccc4-c4ccccc4)c2O3)cc1. The van der Waals surface area contributed by atoms with E-state index in [-0.39, 0.29) is 6.71 Å². The Kier molecular flexibility index (Phi) is 12.8. The van der Waals surface area contributed by atoms with Crippen LogP contribution >= 0.6 is 0 Å². The highest BCUT2D eigenvalue weighted by atomic mass is 16.5. The Bertz CT molecular complexity index is 5460. The van der Waals surface area contributed by atoms with E-state index in [9.17, 15) is 0 Å². The zero-order valence-corrected chi connectivity index (χ0v) is 50.1. The molecule has 0 radical (unpaired) electrons. The minimum Gasteiger partial charge on any atom is -0.458 e. The predicted molar refractivity (Wildman–Crippen MR) is 379 cm³/mol. The van der Waals surface area contributed by atoms with Gasteiger partial charge in [-0.3, -0.25) is 0 Å². The molecule has 9 heteroatoms. The molecule has 3 aromatic heterocycles. The number of benzene rings is 13. The first-order chi connectivity index (χ1) is 46.1. The summed E-state index contributed by atoms with van der Waals surface area (Å²) in [6, 6.07) is 111. The largest absolute Gasteiger partial charge is 0.458 e. The third kappa shape index (κ3) is 9.32. The fourth-order valence-electron chi connectivity index (χ4n) is 13.9. The summed E-state index contributed by atoms with van der Waals surface area (Å²) in [7, 11) is 0. The molecule has 0 amide bonds. The monoisotopic (exact) mass is 1190 g/mol. The summed E-state index contributed by atoms with van der Waals surface area (Å²) in [6.45, 7) is -0.372. The van der Waals surface area contributed by atoms with Crippen molar-refractivity contribution in [3.63, 3.8) is 0 Å². The summed E-state index contributed by atoms with van der Waals surface area (Å²) in [5, 5.41) is 2.03. The smallest absolute Gasteiger partial charge is 0.256 e. The van der Waals surface area contributed by atoms with Crippen molar-refractivity contribution in [2.45, 2.75) is 0 Å². The van der Waals surface area contributed by atoms with Gasteiger partial charge in [-0.15, -0.1) is 0 Å². The van der Waals surface area contributed by atoms with Gasteiger partial charge in [0.1, 0.15) is 11.5 Å². The molecule has 0 N–H and O–H groups in total. The zero-order valence-electron chi connectivity index (χ0n) is 50.1. The molecule has 16 aromatic rings. The Morgan fingerprint density at radius 1 is 0.258 bits per heavy atom. The van der Waals surface area contributed by atoms with Gasteiger partial charge in [-0.05, 0) is 109 Å². The third-order valence-electron chi connectivity index (χ3n) is 18.1. The van der Waals surface area contributed by atoms with Crippen LogP contribution in [0.25, 0.3) is 151 Å². The lowest BCUT2D eigenvalue weighted by Gasteiger charge is -2.35. The summed E-state index contributed by atoms with van der Waals surface area (Å²) in [4.78, 5) is 31.7. The van der Waals surface area contributed by atoms with Crippen molar-refractivity contribution < 1.29 is 4.74 Å². The molecule has 0 saturated carbocycles. The second-order valence-electron chi connectivity index (χ2n) is 23.7. The number of rotatable bonds is 11. The average molecular weight is 1190 g/mol. The lowest BCUT2D eigenvalue weighted by atomic mass is 9.34. The lowest BCUT2D eigenvalue weighted by molar-refractivity contribution is 0.489. The van der Waals surface area contributed by atoms with Crippen molar-refractivity contribution in [2.75, 3.05) is 0 Å². The maximum absolute atomic E-state index is 7.82. The third-order valence-corrected chi connectivity index (χ3v) is 18.1. The van der Waals surface area contributed by atoms with Crippen LogP contribution in [0.3, 0.4) is 0 Å². The van der Waals surface area contributed by atoms with Crippen LogP contribution < -0.4 is 21.1 Å². The molecule has 0 atom stereocenters. The Labute approximate surface area is 537 Å². The van der Waals surface area contributed by atoms with E-state index in [4.69, 9.17) is 34.6 Å². The minimum atomic E-state index is -0.372. The van der Waals surface area contributed by atoms with Crippen LogP contribution in [0.5, 0.6) is 11.5 Å². The van der Waals surface area contributed by atoms with Crippen LogP contribution in [0, 0.1) is 0 Å². The van der Waals surface area contributed by atoms with Crippen molar-refractivity contribution >= 4 is 44.9 Å². The molecular formula is C84H52BN7O. The van der Waals surface area contributed by atoms with Gasteiger partial charge < -0.3 is 9.30 Å². The van der Waals surface area contributed by atoms with Gasteiger partial charge in [-0.2, -0.15) is 0 Å². The van der Waals surface area contributed by atoms with E-state index in [0.717, 1.165) is 144 Å². The topological polar surface area (TPSA) is 91.5 Å². The molecule has 93 heavy (non-hydrogen) atoms. The first kappa shape index (κ1) is 53.6. The van der Waals surface area contributed by atoms with Crippen molar-refractivity contribution in [3.05, 3.63) is 315 Å². The molecule has 18 rings (SSSR count). The molecule has 2 aliphatic rings. The highest BCUT2D eigenvalue weighted by Gasteiger charge is 2.43. The number of nitrogens with zero attached hydrogens (tertiary/aromatic N) is 7. The zero-order chi connectivity index (χ0) is 61.3. The Morgan fingerprint density at radius 2 is 0.645 bits per heavy atom. The highest BCUT2D eigenvalue weighted by Crippen LogP contribution is 2.47. The van der Waals surface area contributed by atoms with E-state index in [1.165, 1.54) is 0 Å². The van der Waals surface area contributed by atoms with Crippen molar-refractivity contribution in [1.29, 1.82) is 0 Å². The van der Waals surface area contributed by atoms with Crippen LogP contribution in [-0.2, 0) is 0 Å². The molecule has 432 valence electrons. The number of ether oxygens (including phenoxy) is 1. The van der Waals surface area contributed by atoms with E-state index in [1.54, 1.807) is 0 Å². The van der Waals surface area contributed by atoms with Gasteiger partial charge in [0, 0.05) is 60.9 Å². The molecule has 0 bridgehead atoms. The Hall–Kier alpha value is -12.5. The Morgan fingerprint density at radius 3 is 1.14 bits per heavy atom. The van der Waals surface area contributed by atoms with Gasteiger partial charge in [0.05, 0.1) is 5.52 Å². The van der Waals surface area contributed by atoms with Gasteiger partial charge in [-0.25, -0.2) is 29.9 Å². The molecule has 0 fully saturated rings. The van der Waals surface area contributed by atoms with E-state index < -0.39 is 0 Å². The predicted octanol–water partition coefficient (Wildman–Crippen LogP) is 18.4. The standard InChI is InChI=1S/C84H52BN7O/c1-8-26-53(27-9-1)61-51-74-76-75(52-61)93-78-70(67-43-25-24-41-65(67)55-30-12-3-13-31-55)47-62(66-42-23-22-40-64(66)54-28-10-2-11-29-54)49-72(78)85(76)71-50-63(84-90-81(58-36-18-6-19-37-58)87-82(91-84)59-38-20-7-21-39-59)48-69-68-46-60(44-45-73(68)92(74)77(69)71)83-88-79(56-32-14-4-15-33-56)86-80(89-83)57-34-16-5-17-35-57/h1-52H. The van der Waals surface area contributed by atoms with Gasteiger partial charge in [0.15, 0.2) is 34.9 Å². The summed E-state index contributed by atoms with van der Waals surface area (Å²) < 4.78 is 10.3. The van der Waals surface area contributed by atoms with Crippen LogP contribution in [-0.4, -0.2) is 41.2 Å². The summed E-state index contributed by atoms with van der Waals surface area (Å²) in [5.41, 5.74) is 22.4. The van der Waals surface area contributed by atoms with Crippen molar-refractivity contribution in [3.8, 4) is 141 Å². The van der Waals surface area contributed by atoms with Crippen molar-refractivity contribution in [2.24, 2.45) is 0 Å². The molecule has 8 nitrogen and oxygen atoms in total. The quantitative estimate of drug-likeness (QED) is 0.119. The second-order valence-corrected chi connectivity index (χ2v) is 23.7. The van der Waals surface area contributed by atoms with Gasteiger partial charge in [0.2, 0.25) is 0 Å². The minimum absolute atomic E-state index is 0.372. The first-order valence-corrected chi connectivity index (χ1v) is 31.4. The molecule has 0 spiro atoms. The lowest BCUT2D eigenvalue weighted by Crippen LogP contribution is -2.58. The number of hydrogen-bond acceptors (Lipinski definition) is 7. The highest BCUT2D eigenvalue weighted by molar-refractivity contribution is 6.99. The molecule has 0 aliphatic carbocycles. The van der Waals surface area contributed by atoms with Crippen molar-refractivity contribution in [1.82, 2.24) is 34.5 Å². The molecule has 2 aliphatic heterocycles. The van der Waals surface area contributed by atoms with E-state index in [0.29, 0.717) is 34.9 Å². The Balaban J connectivity index is 0.968. The van der Waals surface area contributed by atoms with E-state index in [2.05, 4.69) is 223 Å². The molecule has 0 saturated heterocycles. The number of fused-ring (bicyclic) bond motifs is 7. The maximum Gasteiger partial charge on any atom is 0.256 e. The fourth-order valence-corrected chi connectivity index (χ4v) is 13.9. The molecular weight excluding hydrogens is 1130 g/mol. The molecule has 13 aromatic carbocycles. The average Bonchev–Trinajstić information content (AvgIpc) is 1.63. The first-order valence-electron chi connectivity index (χ1n) is 31.4. The summed E-state index contributed by atoms with van der Waals surface area (Å²) in [5.74, 6) is 5.04. The molecule has 0 unspecified atom stereocenters. The van der Waals surface area contributed by atoms with E-state index >= 15 is 0 Å².